The van der Waals surface area contributed by atoms with Crippen molar-refractivity contribution in [2.45, 2.75) is 32.4 Å². The van der Waals surface area contributed by atoms with Crippen LogP contribution in [0.3, 0.4) is 0 Å². The summed E-state index contributed by atoms with van der Waals surface area (Å²) in [5.74, 6) is -0.787. The minimum absolute atomic E-state index is 0.185. The van der Waals surface area contributed by atoms with Crippen LogP contribution in [0.5, 0.6) is 0 Å². The summed E-state index contributed by atoms with van der Waals surface area (Å²) < 4.78 is 0. The molecule has 0 bridgehead atoms. The summed E-state index contributed by atoms with van der Waals surface area (Å²) in [6.45, 7) is 3.95. The van der Waals surface area contributed by atoms with E-state index in [1.54, 1.807) is 6.08 Å². The third kappa shape index (κ3) is 2.05. The van der Waals surface area contributed by atoms with E-state index in [0.717, 1.165) is 0 Å². The maximum atomic E-state index is 10.5. The molecular formula is C8H13NO2. The standard InChI is InChI=1S/C8H13NO2/c1-5-3-7(8(10)11)4-6(2)9-5/h3,5-6,9H,4H2,1-2H3,(H,10,11)/t5-,6-/m1/s1. The van der Waals surface area contributed by atoms with E-state index in [1.807, 2.05) is 13.8 Å². The van der Waals surface area contributed by atoms with E-state index in [4.69, 9.17) is 5.11 Å². The van der Waals surface area contributed by atoms with Gasteiger partial charge in [-0.3, -0.25) is 0 Å². The zero-order chi connectivity index (χ0) is 8.43. The molecule has 2 atom stereocenters. The van der Waals surface area contributed by atoms with E-state index < -0.39 is 5.97 Å². The summed E-state index contributed by atoms with van der Waals surface area (Å²) in [7, 11) is 0. The fourth-order valence-electron chi connectivity index (χ4n) is 1.41. The average molecular weight is 155 g/mol. The predicted molar refractivity (Wildman–Crippen MR) is 42.4 cm³/mol. The lowest BCUT2D eigenvalue weighted by molar-refractivity contribution is -0.133. The molecule has 0 aromatic heterocycles. The highest BCUT2D eigenvalue weighted by Gasteiger charge is 2.18. The number of carbonyl (C=O) groups is 1. The Morgan fingerprint density at radius 2 is 2.36 bits per heavy atom. The van der Waals surface area contributed by atoms with E-state index >= 15 is 0 Å². The van der Waals surface area contributed by atoms with Crippen LogP contribution in [-0.4, -0.2) is 23.2 Å². The number of carboxylic acid groups (broad SMARTS) is 1. The van der Waals surface area contributed by atoms with Crippen LogP contribution >= 0.6 is 0 Å². The van der Waals surface area contributed by atoms with Gasteiger partial charge in [0.1, 0.15) is 0 Å². The number of carboxylic acids is 1. The van der Waals surface area contributed by atoms with Gasteiger partial charge < -0.3 is 10.4 Å². The number of hydrogen-bond donors (Lipinski definition) is 2. The van der Waals surface area contributed by atoms with Gasteiger partial charge in [0.25, 0.3) is 0 Å². The number of aliphatic carboxylic acids is 1. The summed E-state index contributed by atoms with van der Waals surface area (Å²) in [6, 6.07) is 0.464. The number of rotatable bonds is 1. The Morgan fingerprint density at radius 1 is 1.73 bits per heavy atom. The van der Waals surface area contributed by atoms with Crippen molar-refractivity contribution in [1.82, 2.24) is 5.32 Å². The Balaban J connectivity index is 2.72. The molecule has 3 nitrogen and oxygen atoms in total. The Labute approximate surface area is 66.1 Å². The molecule has 0 radical (unpaired) electrons. The Morgan fingerprint density at radius 3 is 2.82 bits per heavy atom. The van der Waals surface area contributed by atoms with Crippen LogP contribution in [0.2, 0.25) is 0 Å². The minimum atomic E-state index is -0.787. The summed E-state index contributed by atoms with van der Waals surface area (Å²) >= 11 is 0. The van der Waals surface area contributed by atoms with E-state index in [9.17, 15) is 4.79 Å². The van der Waals surface area contributed by atoms with Gasteiger partial charge in [0.2, 0.25) is 0 Å². The first-order valence-corrected chi connectivity index (χ1v) is 3.79. The number of nitrogens with one attached hydrogen (secondary N) is 1. The minimum Gasteiger partial charge on any atom is -0.478 e. The second-order valence-electron chi connectivity index (χ2n) is 3.06. The molecule has 1 aliphatic heterocycles. The van der Waals surface area contributed by atoms with Crippen molar-refractivity contribution in [3.05, 3.63) is 11.6 Å². The van der Waals surface area contributed by atoms with Crippen molar-refractivity contribution in [2.75, 3.05) is 0 Å². The number of hydrogen-bond acceptors (Lipinski definition) is 2. The van der Waals surface area contributed by atoms with E-state index in [1.165, 1.54) is 0 Å². The Bertz CT molecular complexity index is 198. The predicted octanol–water partition coefficient (Wildman–Crippen LogP) is 0.768. The lowest BCUT2D eigenvalue weighted by Crippen LogP contribution is -2.38. The van der Waals surface area contributed by atoms with Gasteiger partial charge in [0.05, 0.1) is 0 Å². The molecule has 0 saturated carbocycles. The van der Waals surface area contributed by atoms with Gasteiger partial charge >= 0.3 is 5.97 Å². The molecule has 1 heterocycles. The first-order chi connectivity index (χ1) is 5.09. The van der Waals surface area contributed by atoms with Crippen molar-refractivity contribution in [2.24, 2.45) is 0 Å². The zero-order valence-corrected chi connectivity index (χ0v) is 6.79. The Hall–Kier alpha value is -0.830. The molecule has 3 heteroatoms. The molecule has 0 amide bonds. The summed E-state index contributed by atoms with van der Waals surface area (Å²) in [5.41, 5.74) is 0.531. The van der Waals surface area contributed by atoms with Crippen molar-refractivity contribution in [3.8, 4) is 0 Å². The topological polar surface area (TPSA) is 49.3 Å². The van der Waals surface area contributed by atoms with Crippen LogP contribution in [-0.2, 0) is 4.79 Å². The molecular weight excluding hydrogens is 142 g/mol. The maximum Gasteiger partial charge on any atom is 0.331 e. The van der Waals surface area contributed by atoms with Gasteiger partial charge in [-0.05, 0) is 20.3 Å². The fraction of sp³-hybridized carbons (Fsp3) is 0.625. The monoisotopic (exact) mass is 155 g/mol. The molecule has 2 N–H and O–H groups in total. The van der Waals surface area contributed by atoms with E-state index in [2.05, 4.69) is 5.32 Å². The van der Waals surface area contributed by atoms with E-state index in [-0.39, 0.29) is 12.1 Å². The van der Waals surface area contributed by atoms with Crippen LogP contribution in [0.15, 0.2) is 11.6 Å². The van der Waals surface area contributed by atoms with Crippen molar-refractivity contribution in [1.29, 1.82) is 0 Å². The summed E-state index contributed by atoms with van der Waals surface area (Å²) in [5, 5.41) is 11.9. The molecule has 0 unspecified atom stereocenters. The average Bonchev–Trinajstić information content (AvgIpc) is 1.85. The lowest BCUT2D eigenvalue weighted by atomic mass is 10.00. The summed E-state index contributed by atoms with van der Waals surface area (Å²) in [4.78, 5) is 10.5. The second kappa shape index (κ2) is 3.05. The maximum absolute atomic E-state index is 10.5. The first kappa shape index (κ1) is 8.27. The van der Waals surface area contributed by atoms with Crippen LogP contribution in [0.4, 0.5) is 0 Å². The highest BCUT2D eigenvalue weighted by atomic mass is 16.4. The van der Waals surface area contributed by atoms with Gasteiger partial charge in [0, 0.05) is 17.7 Å². The summed E-state index contributed by atoms with van der Waals surface area (Å²) in [6.07, 6.45) is 2.39. The fourth-order valence-corrected chi connectivity index (χ4v) is 1.41. The van der Waals surface area contributed by atoms with Crippen molar-refractivity contribution in [3.63, 3.8) is 0 Å². The molecule has 0 aliphatic carbocycles. The van der Waals surface area contributed by atoms with Crippen LogP contribution < -0.4 is 5.32 Å². The highest BCUT2D eigenvalue weighted by Crippen LogP contribution is 2.12. The molecule has 1 rings (SSSR count). The molecule has 0 saturated heterocycles. The normalized spacial score (nSPS) is 31.3. The van der Waals surface area contributed by atoms with Crippen LogP contribution in [0.1, 0.15) is 20.3 Å². The SMILES string of the molecule is C[C@@H]1C=C(C(=O)O)C[C@@H](C)N1. The second-order valence-corrected chi connectivity index (χ2v) is 3.06. The van der Waals surface area contributed by atoms with E-state index in [0.29, 0.717) is 12.0 Å². The van der Waals surface area contributed by atoms with Gasteiger partial charge in [-0.1, -0.05) is 6.08 Å². The van der Waals surface area contributed by atoms with Gasteiger partial charge in [-0.2, -0.15) is 0 Å². The molecule has 0 spiro atoms. The van der Waals surface area contributed by atoms with Gasteiger partial charge in [-0.15, -0.1) is 0 Å². The molecule has 62 valence electrons. The van der Waals surface area contributed by atoms with Gasteiger partial charge in [0.15, 0.2) is 0 Å². The molecule has 11 heavy (non-hydrogen) atoms. The zero-order valence-electron chi connectivity index (χ0n) is 6.79. The third-order valence-corrected chi connectivity index (χ3v) is 1.80. The smallest absolute Gasteiger partial charge is 0.331 e. The Kier molecular flexibility index (Phi) is 2.29. The quantitative estimate of drug-likeness (QED) is 0.588. The highest BCUT2D eigenvalue weighted by molar-refractivity contribution is 5.87. The molecule has 0 aromatic carbocycles. The van der Waals surface area contributed by atoms with Crippen molar-refractivity contribution < 1.29 is 9.90 Å². The molecule has 0 aromatic rings. The van der Waals surface area contributed by atoms with Crippen LogP contribution in [0, 0.1) is 0 Å². The van der Waals surface area contributed by atoms with Crippen molar-refractivity contribution >= 4 is 5.97 Å². The lowest BCUT2D eigenvalue weighted by Gasteiger charge is -2.23. The molecule has 1 aliphatic rings. The third-order valence-electron chi connectivity index (χ3n) is 1.80. The largest absolute Gasteiger partial charge is 0.478 e. The van der Waals surface area contributed by atoms with Gasteiger partial charge in [-0.25, -0.2) is 4.79 Å². The first-order valence-electron chi connectivity index (χ1n) is 3.79. The van der Waals surface area contributed by atoms with Crippen LogP contribution in [0.25, 0.3) is 0 Å². The molecule has 0 fully saturated rings.